The molecule has 9 heteroatoms. The number of aromatic nitrogens is 3. The van der Waals surface area contributed by atoms with E-state index in [4.69, 9.17) is 5.73 Å². The van der Waals surface area contributed by atoms with Crippen molar-refractivity contribution in [2.75, 3.05) is 5.75 Å². The van der Waals surface area contributed by atoms with E-state index in [1.807, 2.05) is 4.57 Å². The van der Waals surface area contributed by atoms with Gasteiger partial charge in [-0.05, 0) is 23.6 Å². The number of amides is 2. The Hall–Kier alpha value is -2.42. The highest BCUT2D eigenvalue weighted by Gasteiger charge is 2.15. The molecule has 2 aromatic rings. The summed E-state index contributed by atoms with van der Waals surface area (Å²) in [5.41, 5.74) is 6.04. The van der Waals surface area contributed by atoms with Crippen molar-refractivity contribution in [2.45, 2.75) is 44.9 Å². The van der Waals surface area contributed by atoms with Gasteiger partial charge < -0.3 is 15.6 Å². The third kappa shape index (κ3) is 7.01. The van der Waals surface area contributed by atoms with Gasteiger partial charge in [-0.2, -0.15) is 0 Å². The first-order valence-electron chi connectivity index (χ1n) is 8.69. The zero-order valence-corrected chi connectivity index (χ0v) is 16.3. The van der Waals surface area contributed by atoms with Crippen LogP contribution in [0.1, 0.15) is 31.7 Å². The Labute approximate surface area is 161 Å². The van der Waals surface area contributed by atoms with E-state index in [0.717, 1.165) is 5.56 Å². The van der Waals surface area contributed by atoms with Crippen LogP contribution in [-0.2, 0) is 29.1 Å². The molecule has 2 rings (SSSR count). The van der Waals surface area contributed by atoms with Crippen molar-refractivity contribution in [1.29, 1.82) is 0 Å². The van der Waals surface area contributed by atoms with Crippen LogP contribution in [0.3, 0.4) is 0 Å². The molecule has 1 heterocycles. The lowest BCUT2D eigenvalue weighted by atomic mass is 10.2. The molecule has 0 aliphatic heterocycles. The fraction of sp³-hybridized carbons (Fsp3) is 0.444. The minimum atomic E-state index is -0.386. The molecule has 0 unspecified atom stereocenters. The van der Waals surface area contributed by atoms with E-state index in [1.54, 1.807) is 12.1 Å². The number of benzene rings is 1. The second-order valence-electron chi connectivity index (χ2n) is 6.56. The molecule has 0 saturated heterocycles. The Bertz CT molecular complexity index is 777. The quantitative estimate of drug-likeness (QED) is 0.600. The normalized spacial score (nSPS) is 11.0. The van der Waals surface area contributed by atoms with Gasteiger partial charge in [0.2, 0.25) is 11.8 Å². The highest BCUT2D eigenvalue weighted by molar-refractivity contribution is 7.99. The highest BCUT2D eigenvalue weighted by atomic mass is 32.2. The lowest BCUT2D eigenvalue weighted by Gasteiger charge is -2.12. The maximum Gasteiger partial charge on any atom is 0.230 e. The number of thioether (sulfide) groups is 1. The molecule has 7 nitrogen and oxygen atoms in total. The second kappa shape index (κ2) is 10.1. The fourth-order valence-electron chi connectivity index (χ4n) is 2.38. The number of nitrogens with zero attached hydrogens (tertiary/aromatic N) is 3. The number of primary amides is 1. The number of carbonyl (C=O) groups is 2. The summed E-state index contributed by atoms with van der Waals surface area (Å²) < 4.78 is 14.8. The molecule has 0 saturated carbocycles. The van der Waals surface area contributed by atoms with Crippen molar-refractivity contribution in [3.05, 3.63) is 41.5 Å². The molecule has 146 valence electrons. The standard InChI is InChI=1S/C18H24FN5O2S/c1-12(2)10-24-16(8-7-15(20)25)22-23-18(24)27-11-17(26)21-9-13-3-5-14(19)6-4-13/h3-6,12H,7-11H2,1-2H3,(H2,20,25)(H,21,26). The molecule has 0 spiro atoms. The number of nitrogens with one attached hydrogen (secondary N) is 1. The third-order valence-electron chi connectivity index (χ3n) is 3.67. The van der Waals surface area contributed by atoms with Crippen molar-refractivity contribution in [3.8, 4) is 0 Å². The van der Waals surface area contributed by atoms with Gasteiger partial charge in [0.1, 0.15) is 11.6 Å². The summed E-state index contributed by atoms with van der Waals surface area (Å²) in [6.07, 6.45) is 0.630. The lowest BCUT2D eigenvalue weighted by Crippen LogP contribution is -2.24. The van der Waals surface area contributed by atoms with E-state index in [0.29, 0.717) is 36.4 Å². The molecule has 0 aliphatic carbocycles. The number of aryl methyl sites for hydroxylation is 1. The highest BCUT2D eigenvalue weighted by Crippen LogP contribution is 2.19. The summed E-state index contributed by atoms with van der Waals surface area (Å²) in [7, 11) is 0. The third-order valence-corrected chi connectivity index (χ3v) is 4.64. The van der Waals surface area contributed by atoms with Gasteiger partial charge in [0.25, 0.3) is 0 Å². The number of carbonyl (C=O) groups excluding carboxylic acids is 2. The zero-order chi connectivity index (χ0) is 19.8. The first kappa shape index (κ1) is 20.9. The van der Waals surface area contributed by atoms with E-state index >= 15 is 0 Å². The molecule has 0 fully saturated rings. The van der Waals surface area contributed by atoms with Gasteiger partial charge in [0.15, 0.2) is 5.16 Å². The van der Waals surface area contributed by atoms with Crippen LogP contribution in [0.25, 0.3) is 0 Å². The molecule has 0 bridgehead atoms. The van der Waals surface area contributed by atoms with E-state index in [9.17, 15) is 14.0 Å². The van der Waals surface area contributed by atoms with Crippen LogP contribution < -0.4 is 11.1 Å². The summed E-state index contributed by atoms with van der Waals surface area (Å²) in [5, 5.41) is 11.7. The predicted octanol–water partition coefficient (Wildman–Crippen LogP) is 1.90. The summed E-state index contributed by atoms with van der Waals surface area (Å²) in [6, 6.07) is 5.98. The van der Waals surface area contributed by atoms with E-state index in [1.165, 1.54) is 23.9 Å². The van der Waals surface area contributed by atoms with Crippen LogP contribution in [0, 0.1) is 11.7 Å². The Morgan fingerprint density at radius 3 is 2.59 bits per heavy atom. The molecule has 2 amide bonds. The fourth-order valence-corrected chi connectivity index (χ4v) is 3.17. The molecule has 0 aliphatic rings. The molecule has 1 aromatic carbocycles. The molecule has 0 radical (unpaired) electrons. The largest absolute Gasteiger partial charge is 0.370 e. The summed E-state index contributed by atoms with van der Waals surface area (Å²) in [4.78, 5) is 23.1. The zero-order valence-electron chi connectivity index (χ0n) is 15.4. The van der Waals surface area contributed by atoms with Gasteiger partial charge in [-0.1, -0.05) is 37.7 Å². The van der Waals surface area contributed by atoms with Crippen molar-refractivity contribution >= 4 is 23.6 Å². The molecule has 0 atom stereocenters. The van der Waals surface area contributed by atoms with Crippen LogP contribution in [-0.4, -0.2) is 32.3 Å². The monoisotopic (exact) mass is 393 g/mol. The number of rotatable bonds is 10. The minimum Gasteiger partial charge on any atom is -0.370 e. The minimum absolute atomic E-state index is 0.151. The van der Waals surface area contributed by atoms with Gasteiger partial charge in [-0.15, -0.1) is 10.2 Å². The molecular formula is C18H24FN5O2S. The number of nitrogens with two attached hydrogens (primary N) is 1. The molecular weight excluding hydrogens is 369 g/mol. The van der Waals surface area contributed by atoms with Crippen LogP contribution in [0.2, 0.25) is 0 Å². The topological polar surface area (TPSA) is 103 Å². The Balaban J connectivity index is 1.92. The number of hydrogen-bond donors (Lipinski definition) is 2. The van der Waals surface area contributed by atoms with Gasteiger partial charge in [-0.3, -0.25) is 9.59 Å². The molecule has 3 N–H and O–H groups in total. The van der Waals surface area contributed by atoms with Crippen molar-refractivity contribution in [3.63, 3.8) is 0 Å². The second-order valence-corrected chi connectivity index (χ2v) is 7.50. The average Bonchev–Trinajstić information content (AvgIpc) is 2.98. The van der Waals surface area contributed by atoms with Crippen LogP contribution in [0.15, 0.2) is 29.4 Å². The Morgan fingerprint density at radius 2 is 1.96 bits per heavy atom. The van der Waals surface area contributed by atoms with Crippen LogP contribution in [0.5, 0.6) is 0 Å². The van der Waals surface area contributed by atoms with Gasteiger partial charge >= 0.3 is 0 Å². The van der Waals surface area contributed by atoms with Crippen molar-refractivity contribution in [1.82, 2.24) is 20.1 Å². The lowest BCUT2D eigenvalue weighted by molar-refractivity contribution is -0.119. The maximum absolute atomic E-state index is 12.9. The smallest absolute Gasteiger partial charge is 0.230 e. The number of halogens is 1. The summed E-state index contributed by atoms with van der Waals surface area (Å²) >= 11 is 1.29. The first-order chi connectivity index (χ1) is 12.8. The van der Waals surface area contributed by atoms with Crippen molar-refractivity contribution in [2.24, 2.45) is 11.7 Å². The van der Waals surface area contributed by atoms with Gasteiger partial charge in [0, 0.05) is 25.9 Å². The van der Waals surface area contributed by atoms with E-state index in [2.05, 4.69) is 29.4 Å². The Morgan fingerprint density at radius 1 is 1.26 bits per heavy atom. The predicted molar refractivity (Wildman–Crippen MR) is 101 cm³/mol. The van der Waals surface area contributed by atoms with E-state index < -0.39 is 0 Å². The average molecular weight is 393 g/mol. The Kier molecular flexibility index (Phi) is 7.78. The SMILES string of the molecule is CC(C)Cn1c(CCC(N)=O)nnc1SCC(=O)NCc1ccc(F)cc1. The van der Waals surface area contributed by atoms with E-state index in [-0.39, 0.29) is 29.8 Å². The molecule has 27 heavy (non-hydrogen) atoms. The van der Waals surface area contributed by atoms with Crippen LogP contribution >= 0.6 is 11.8 Å². The van der Waals surface area contributed by atoms with Gasteiger partial charge in [0.05, 0.1) is 5.75 Å². The summed E-state index contributed by atoms with van der Waals surface area (Å²) in [5.74, 6) is 0.396. The number of hydrogen-bond acceptors (Lipinski definition) is 5. The maximum atomic E-state index is 12.9. The van der Waals surface area contributed by atoms with Gasteiger partial charge in [-0.25, -0.2) is 4.39 Å². The first-order valence-corrected chi connectivity index (χ1v) is 9.68. The summed E-state index contributed by atoms with van der Waals surface area (Å²) in [6.45, 7) is 5.17. The van der Waals surface area contributed by atoms with Crippen LogP contribution in [0.4, 0.5) is 4.39 Å². The molecule has 1 aromatic heterocycles. The van der Waals surface area contributed by atoms with Crippen molar-refractivity contribution < 1.29 is 14.0 Å².